The molecule has 0 spiro atoms. The maximum Gasteiger partial charge on any atom is 0.456 e. The molecule has 0 bridgehead atoms. The first-order valence-electron chi connectivity index (χ1n) is 8.99. The normalized spacial score (nSPS) is 12.1. The van der Waals surface area contributed by atoms with E-state index in [1.165, 1.54) is 0 Å². The summed E-state index contributed by atoms with van der Waals surface area (Å²) < 4.78 is 0. The number of nitrogens with two attached hydrogens (primary N) is 1. The van der Waals surface area contributed by atoms with E-state index >= 15 is 0 Å². The summed E-state index contributed by atoms with van der Waals surface area (Å²) in [5.74, 6) is -0.371. The first-order chi connectivity index (χ1) is 13.0. The third-order valence-electron chi connectivity index (χ3n) is 4.97. The van der Waals surface area contributed by atoms with Crippen LogP contribution in [0.4, 0.5) is 0 Å². The molecule has 3 rings (SSSR count). The summed E-state index contributed by atoms with van der Waals surface area (Å²) in [6.07, 6.45) is 3.96. The van der Waals surface area contributed by atoms with Crippen molar-refractivity contribution >= 4 is 23.7 Å². The van der Waals surface area contributed by atoms with E-state index < -0.39 is 13.0 Å². The highest BCUT2D eigenvalue weighted by atomic mass is 16.4. The second kappa shape index (κ2) is 8.44. The van der Waals surface area contributed by atoms with Gasteiger partial charge < -0.3 is 15.8 Å². The number of ketones is 1. The molecule has 2 aromatic carbocycles. The van der Waals surface area contributed by atoms with Gasteiger partial charge in [0.2, 0.25) is 0 Å². The average Bonchev–Trinajstić information content (AvgIpc) is 2.65. The van der Waals surface area contributed by atoms with Crippen LogP contribution in [0.15, 0.2) is 54.9 Å². The monoisotopic (exact) mass is 362 g/mol. The summed E-state index contributed by atoms with van der Waals surface area (Å²) in [5.41, 5.74) is 9.44. The van der Waals surface area contributed by atoms with E-state index in [2.05, 4.69) is 4.98 Å². The summed E-state index contributed by atoms with van der Waals surface area (Å²) in [5, 5.41) is 20.6. The van der Waals surface area contributed by atoms with Gasteiger partial charge >= 0.3 is 7.12 Å². The lowest BCUT2D eigenvalue weighted by Gasteiger charge is -2.19. The maximum absolute atomic E-state index is 13.0. The van der Waals surface area contributed by atoms with Gasteiger partial charge in [0.05, 0.1) is 5.92 Å². The van der Waals surface area contributed by atoms with Gasteiger partial charge in [-0.15, -0.1) is 0 Å². The predicted octanol–water partition coefficient (Wildman–Crippen LogP) is 1.95. The van der Waals surface area contributed by atoms with Gasteiger partial charge in [0.1, 0.15) is 5.78 Å². The number of carbonyl (C=O) groups excluding carboxylic acids is 1. The largest absolute Gasteiger partial charge is 0.456 e. The second-order valence-electron chi connectivity index (χ2n) is 6.80. The highest BCUT2D eigenvalue weighted by Crippen LogP contribution is 2.25. The number of benzene rings is 2. The van der Waals surface area contributed by atoms with Crippen molar-refractivity contribution in [2.45, 2.75) is 25.6 Å². The standard InChI is InChI=1S/C21H23BN2O3/c1-14-17(11-22(26)27)3-2-4-19(14)20(12-23)21(25)10-15-5-6-18-13-24-8-7-16(18)9-15/h2-9,13,20,26-27H,10-12,23H2,1H3/t20-/m1/s1. The number of aromatic nitrogens is 1. The van der Waals surface area contributed by atoms with Crippen LogP contribution in [0.3, 0.4) is 0 Å². The van der Waals surface area contributed by atoms with Crippen molar-refractivity contribution in [1.29, 1.82) is 0 Å². The molecule has 0 saturated carbocycles. The Morgan fingerprint density at radius 1 is 1.19 bits per heavy atom. The zero-order valence-electron chi connectivity index (χ0n) is 15.3. The van der Waals surface area contributed by atoms with Crippen LogP contribution in [-0.2, 0) is 17.5 Å². The van der Waals surface area contributed by atoms with Crippen molar-refractivity contribution in [1.82, 2.24) is 4.98 Å². The molecule has 0 amide bonds. The molecule has 1 heterocycles. The second-order valence-corrected chi connectivity index (χ2v) is 6.80. The molecule has 0 unspecified atom stereocenters. The smallest absolute Gasteiger partial charge is 0.427 e. The predicted molar refractivity (Wildman–Crippen MR) is 107 cm³/mol. The molecule has 3 aromatic rings. The molecule has 0 aliphatic heterocycles. The van der Waals surface area contributed by atoms with Crippen molar-refractivity contribution in [2.24, 2.45) is 5.73 Å². The number of fused-ring (bicyclic) bond motifs is 1. The number of pyridine rings is 1. The van der Waals surface area contributed by atoms with Crippen LogP contribution in [0, 0.1) is 6.92 Å². The van der Waals surface area contributed by atoms with Gasteiger partial charge in [-0.1, -0.05) is 36.4 Å². The van der Waals surface area contributed by atoms with Crippen LogP contribution in [0.2, 0.25) is 0 Å². The van der Waals surface area contributed by atoms with Crippen molar-refractivity contribution in [2.75, 3.05) is 6.54 Å². The highest BCUT2D eigenvalue weighted by Gasteiger charge is 2.23. The molecular formula is C21H23BN2O3. The molecule has 1 aromatic heterocycles. The summed E-state index contributed by atoms with van der Waals surface area (Å²) in [6.45, 7) is 2.11. The van der Waals surface area contributed by atoms with E-state index in [-0.39, 0.29) is 18.6 Å². The molecule has 27 heavy (non-hydrogen) atoms. The van der Waals surface area contributed by atoms with Crippen molar-refractivity contribution in [3.8, 4) is 0 Å². The Morgan fingerprint density at radius 2 is 2.00 bits per heavy atom. The fraction of sp³-hybridized carbons (Fsp3) is 0.238. The third-order valence-corrected chi connectivity index (χ3v) is 4.97. The summed E-state index contributed by atoms with van der Waals surface area (Å²) in [4.78, 5) is 17.1. The molecule has 0 aliphatic rings. The number of nitrogens with zero attached hydrogens (tertiary/aromatic N) is 1. The van der Waals surface area contributed by atoms with E-state index in [9.17, 15) is 14.8 Å². The Morgan fingerprint density at radius 3 is 2.74 bits per heavy atom. The van der Waals surface area contributed by atoms with Gasteiger partial charge in [-0.05, 0) is 40.6 Å². The number of hydrogen-bond acceptors (Lipinski definition) is 5. The van der Waals surface area contributed by atoms with Gasteiger partial charge in [-0.3, -0.25) is 9.78 Å². The van der Waals surface area contributed by atoms with E-state index in [0.717, 1.165) is 33.0 Å². The average molecular weight is 362 g/mol. The molecule has 6 heteroatoms. The van der Waals surface area contributed by atoms with Gasteiger partial charge in [0, 0.05) is 37.1 Å². The van der Waals surface area contributed by atoms with Gasteiger partial charge in [0.15, 0.2) is 0 Å². The molecule has 0 saturated heterocycles. The van der Waals surface area contributed by atoms with Crippen molar-refractivity contribution in [3.05, 3.63) is 77.1 Å². The topological polar surface area (TPSA) is 96.4 Å². The number of carbonyl (C=O) groups is 1. The highest BCUT2D eigenvalue weighted by molar-refractivity contribution is 6.40. The number of rotatable bonds is 7. The number of Topliss-reactive ketones (excluding diaryl/α,β-unsaturated/α-hetero) is 1. The van der Waals surface area contributed by atoms with E-state index in [1.54, 1.807) is 12.4 Å². The third kappa shape index (κ3) is 4.42. The minimum Gasteiger partial charge on any atom is -0.427 e. The Labute approximate surface area is 159 Å². The fourth-order valence-corrected chi connectivity index (χ4v) is 3.50. The molecule has 138 valence electrons. The maximum atomic E-state index is 13.0. The Bertz CT molecular complexity index is 959. The van der Waals surface area contributed by atoms with E-state index in [4.69, 9.17) is 5.73 Å². The molecule has 4 N–H and O–H groups in total. The molecule has 0 fully saturated rings. The Hall–Kier alpha value is -2.54. The van der Waals surface area contributed by atoms with E-state index in [1.807, 2.05) is 49.4 Å². The molecule has 1 atom stereocenters. The zero-order chi connectivity index (χ0) is 19.4. The lowest BCUT2D eigenvalue weighted by Crippen LogP contribution is -2.25. The van der Waals surface area contributed by atoms with Crippen molar-refractivity contribution in [3.63, 3.8) is 0 Å². The summed E-state index contributed by atoms with van der Waals surface area (Å²) in [6, 6.07) is 13.4. The fourth-order valence-electron chi connectivity index (χ4n) is 3.50. The van der Waals surface area contributed by atoms with Gasteiger partial charge in [-0.2, -0.15) is 0 Å². The van der Waals surface area contributed by atoms with Crippen LogP contribution < -0.4 is 5.73 Å². The van der Waals surface area contributed by atoms with Crippen LogP contribution in [-0.4, -0.2) is 34.5 Å². The van der Waals surface area contributed by atoms with Crippen LogP contribution in [0.25, 0.3) is 10.8 Å². The minimum atomic E-state index is -1.42. The van der Waals surface area contributed by atoms with Crippen LogP contribution in [0.5, 0.6) is 0 Å². The van der Waals surface area contributed by atoms with Crippen LogP contribution in [0.1, 0.15) is 28.2 Å². The SMILES string of the molecule is Cc1c(CB(O)O)cccc1[C@@H](CN)C(=O)Cc1ccc2cnccc2c1. The first kappa shape index (κ1) is 19.2. The van der Waals surface area contributed by atoms with Gasteiger partial charge in [-0.25, -0.2) is 0 Å². The molecule has 5 nitrogen and oxygen atoms in total. The quantitative estimate of drug-likeness (QED) is 0.559. The lowest BCUT2D eigenvalue weighted by molar-refractivity contribution is -0.119. The minimum absolute atomic E-state index is 0.0516. The summed E-state index contributed by atoms with van der Waals surface area (Å²) in [7, 11) is -1.42. The summed E-state index contributed by atoms with van der Waals surface area (Å²) >= 11 is 0. The lowest BCUT2D eigenvalue weighted by atomic mass is 9.78. The van der Waals surface area contributed by atoms with Gasteiger partial charge in [0.25, 0.3) is 0 Å². The zero-order valence-corrected chi connectivity index (χ0v) is 15.3. The molecule has 0 aliphatic carbocycles. The van der Waals surface area contributed by atoms with Crippen LogP contribution >= 0.6 is 0 Å². The number of hydrogen-bond donors (Lipinski definition) is 3. The first-order valence-corrected chi connectivity index (χ1v) is 8.99. The van der Waals surface area contributed by atoms with E-state index in [0.29, 0.717) is 6.42 Å². The Kier molecular flexibility index (Phi) is 6.01. The Balaban J connectivity index is 1.85. The van der Waals surface area contributed by atoms with Crippen molar-refractivity contribution < 1.29 is 14.8 Å². The molecule has 0 radical (unpaired) electrons. The molecular weight excluding hydrogens is 339 g/mol.